The summed E-state index contributed by atoms with van der Waals surface area (Å²) >= 11 is 5.71. The predicted octanol–water partition coefficient (Wildman–Crippen LogP) is 4.71. The van der Waals surface area contributed by atoms with Gasteiger partial charge >= 0.3 is 0 Å². The van der Waals surface area contributed by atoms with Crippen LogP contribution in [-0.2, 0) is 0 Å². The summed E-state index contributed by atoms with van der Waals surface area (Å²) in [4.78, 5) is 0. The molecule has 1 unspecified atom stereocenters. The van der Waals surface area contributed by atoms with E-state index in [4.69, 9.17) is 16.3 Å². The monoisotopic (exact) mass is 280 g/mol. The van der Waals surface area contributed by atoms with Crippen molar-refractivity contribution in [3.63, 3.8) is 0 Å². The van der Waals surface area contributed by atoms with Crippen LogP contribution >= 0.6 is 11.6 Å². The summed E-state index contributed by atoms with van der Waals surface area (Å²) in [6, 6.07) is 11.4. The Labute approximate surface area is 116 Å². The quantitative estimate of drug-likeness (QED) is 0.878. The maximum atomic E-state index is 13.1. The largest absolute Gasteiger partial charge is 0.457 e. The Morgan fingerprint density at radius 1 is 1.26 bits per heavy atom. The van der Waals surface area contributed by atoms with Crippen LogP contribution in [0.15, 0.2) is 42.5 Å². The second-order valence-electron chi connectivity index (χ2n) is 4.14. The van der Waals surface area contributed by atoms with Gasteiger partial charge in [0.1, 0.15) is 17.3 Å². The van der Waals surface area contributed by atoms with Crippen molar-refractivity contribution in [2.45, 2.75) is 19.4 Å². The van der Waals surface area contributed by atoms with Gasteiger partial charge in [0, 0.05) is 11.6 Å². The van der Waals surface area contributed by atoms with Crippen LogP contribution in [0.2, 0.25) is 5.02 Å². The Morgan fingerprint density at radius 2 is 2.00 bits per heavy atom. The van der Waals surface area contributed by atoms with E-state index in [1.54, 1.807) is 12.1 Å². The van der Waals surface area contributed by atoms with Gasteiger partial charge < -0.3 is 9.84 Å². The smallest absolute Gasteiger partial charge is 0.142 e. The maximum absolute atomic E-state index is 13.1. The average molecular weight is 281 g/mol. The molecule has 0 aliphatic rings. The second-order valence-corrected chi connectivity index (χ2v) is 4.55. The fraction of sp³-hybridized carbons (Fsp3) is 0.200. The van der Waals surface area contributed by atoms with E-state index in [0.717, 1.165) is 0 Å². The molecule has 2 nitrogen and oxygen atoms in total. The first-order valence-electron chi connectivity index (χ1n) is 6.01. The highest BCUT2D eigenvalue weighted by molar-refractivity contribution is 6.30. The van der Waals surface area contributed by atoms with E-state index >= 15 is 0 Å². The Morgan fingerprint density at radius 3 is 2.68 bits per heavy atom. The zero-order valence-electron chi connectivity index (χ0n) is 10.4. The molecule has 0 aliphatic carbocycles. The van der Waals surface area contributed by atoms with Gasteiger partial charge in [0.25, 0.3) is 0 Å². The summed E-state index contributed by atoms with van der Waals surface area (Å²) in [7, 11) is 0. The second kappa shape index (κ2) is 6.04. The Balaban J connectivity index is 2.30. The van der Waals surface area contributed by atoms with Gasteiger partial charge in [-0.05, 0) is 24.6 Å². The van der Waals surface area contributed by atoms with Crippen molar-refractivity contribution in [2.75, 3.05) is 0 Å². The number of aliphatic hydroxyl groups is 1. The highest BCUT2D eigenvalue weighted by atomic mass is 35.5. The molecule has 4 heteroatoms. The van der Waals surface area contributed by atoms with E-state index in [9.17, 15) is 9.50 Å². The van der Waals surface area contributed by atoms with E-state index < -0.39 is 11.9 Å². The van der Waals surface area contributed by atoms with E-state index in [-0.39, 0.29) is 5.02 Å². The zero-order valence-corrected chi connectivity index (χ0v) is 11.2. The lowest BCUT2D eigenvalue weighted by Gasteiger charge is -2.14. The zero-order chi connectivity index (χ0) is 13.8. The number of para-hydroxylation sites is 1. The molecular weight excluding hydrogens is 267 g/mol. The van der Waals surface area contributed by atoms with Gasteiger partial charge in [-0.3, -0.25) is 0 Å². The summed E-state index contributed by atoms with van der Waals surface area (Å²) in [5, 5.41) is 9.93. The van der Waals surface area contributed by atoms with Crippen LogP contribution in [0.5, 0.6) is 11.5 Å². The summed E-state index contributed by atoms with van der Waals surface area (Å²) < 4.78 is 18.7. The molecule has 1 N–H and O–H groups in total. The third-order valence-corrected chi connectivity index (χ3v) is 3.07. The highest BCUT2D eigenvalue weighted by Crippen LogP contribution is 2.32. The summed E-state index contributed by atoms with van der Waals surface area (Å²) in [5.74, 6) is 0.484. The number of benzene rings is 2. The first kappa shape index (κ1) is 13.8. The molecule has 2 rings (SSSR count). The van der Waals surface area contributed by atoms with Gasteiger partial charge in [-0.25, -0.2) is 4.39 Å². The number of halogens is 2. The normalized spacial score (nSPS) is 12.2. The van der Waals surface area contributed by atoms with Crippen LogP contribution in [0.25, 0.3) is 0 Å². The van der Waals surface area contributed by atoms with E-state index in [2.05, 4.69) is 0 Å². The van der Waals surface area contributed by atoms with E-state index in [0.29, 0.717) is 23.5 Å². The van der Waals surface area contributed by atoms with E-state index in [1.807, 2.05) is 19.1 Å². The highest BCUT2D eigenvalue weighted by Gasteiger charge is 2.12. The summed E-state index contributed by atoms with van der Waals surface area (Å²) in [5.41, 5.74) is 0.699. The van der Waals surface area contributed by atoms with Gasteiger partial charge in [0.15, 0.2) is 0 Å². The van der Waals surface area contributed by atoms with Gasteiger partial charge in [0.05, 0.1) is 11.1 Å². The molecular formula is C15H14ClFO2. The van der Waals surface area contributed by atoms with Crippen LogP contribution in [-0.4, -0.2) is 5.11 Å². The molecule has 0 bridgehead atoms. The minimum absolute atomic E-state index is 0.00558. The minimum atomic E-state index is -0.591. The van der Waals surface area contributed by atoms with Crippen molar-refractivity contribution in [2.24, 2.45) is 0 Å². The van der Waals surface area contributed by atoms with Crippen molar-refractivity contribution in [1.29, 1.82) is 0 Å². The minimum Gasteiger partial charge on any atom is -0.457 e. The molecule has 0 heterocycles. The van der Waals surface area contributed by atoms with Crippen molar-refractivity contribution in [1.82, 2.24) is 0 Å². The molecule has 0 aliphatic heterocycles. The van der Waals surface area contributed by atoms with E-state index in [1.165, 1.54) is 18.2 Å². The maximum Gasteiger partial charge on any atom is 0.142 e. The molecule has 0 saturated heterocycles. The lowest BCUT2D eigenvalue weighted by atomic mass is 10.1. The number of rotatable bonds is 4. The molecule has 0 radical (unpaired) electrons. The Hall–Kier alpha value is -1.58. The summed E-state index contributed by atoms with van der Waals surface area (Å²) in [6.07, 6.45) is -0.00278. The lowest BCUT2D eigenvalue weighted by Crippen LogP contribution is -1.98. The van der Waals surface area contributed by atoms with Crippen LogP contribution in [0.3, 0.4) is 0 Å². The number of aliphatic hydroxyl groups excluding tert-OH is 1. The van der Waals surface area contributed by atoms with Crippen LogP contribution in [0, 0.1) is 5.82 Å². The van der Waals surface area contributed by atoms with Gasteiger partial charge in [-0.2, -0.15) is 0 Å². The fourth-order valence-electron chi connectivity index (χ4n) is 1.74. The molecule has 0 amide bonds. The van der Waals surface area contributed by atoms with Crippen molar-refractivity contribution in [3.8, 4) is 11.5 Å². The van der Waals surface area contributed by atoms with Crippen LogP contribution in [0.4, 0.5) is 4.39 Å². The van der Waals surface area contributed by atoms with Crippen LogP contribution < -0.4 is 4.74 Å². The SMILES string of the molecule is CCC(O)c1ccccc1Oc1ccc(F)c(Cl)c1. The van der Waals surface area contributed by atoms with Gasteiger partial charge in [-0.15, -0.1) is 0 Å². The molecule has 2 aromatic carbocycles. The standard InChI is InChI=1S/C15H14ClFO2/c1-2-14(18)11-5-3-4-6-15(11)19-10-7-8-13(17)12(16)9-10/h3-9,14,18H,2H2,1H3. The number of ether oxygens (including phenoxy) is 1. The van der Waals surface area contributed by atoms with Crippen molar-refractivity contribution >= 4 is 11.6 Å². The van der Waals surface area contributed by atoms with Crippen molar-refractivity contribution < 1.29 is 14.2 Å². The Bertz CT molecular complexity index is 572. The third kappa shape index (κ3) is 3.25. The van der Waals surface area contributed by atoms with Gasteiger partial charge in [-0.1, -0.05) is 36.7 Å². The molecule has 0 saturated carbocycles. The molecule has 0 fully saturated rings. The number of hydrogen-bond donors (Lipinski definition) is 1. The van der Waals surface area contributed by atoms with Gasteiger partial charge in [0.2, 0.25) is 0 Å². The molecule has 0 spiro atoms. The molecule has 100 valence electrons. The summed E-state index contributed by atoms with van der Waals surface area (Å²) in [6.45, 7) is 1.89. The lowest BCUT2D eigenvalue weighted by molar-refractivity contribution is 0.170. The molecule has 2 aromatic rings. The molecule has 0 aromatic heterocycles. The average Bonchev–Trinajstić information content (AvgIpc) is 2.43. The third-order valence-electron chi connectivity index (χ3n) is 2.78. The molecule has 1 atom stereocenters. The fourth-order valence-corrected chi connectivity index (χ4v) is 1.91. The molecule has 19 heavy (non-hydrogen) atoms. The first-order chi connectivity index (χ1) is 9.11. The first-order valence-corrected chi connectivity index (χ1v) is 6.39. The topological polar surface area (TPSA) is 29.5 Å². The Kier molecular flexibility index (Phi) is 4.40. The van der Waals surface area contributed by atoms with Crippen molar-refractivity contribution in [3.05, 3.63) is 58.9 Å². The van der Waals surface area contributed by atoms with Crippen LogP contribution in [0.1, 0.15) is 25.0 Å². The predicted molar refractivity (Wildman–Crippen MR) is 73.2 cm³/mol. The number of hydrogen-bond acceptors (Lipinski definition) is 2.